The number of nitrogens with one attached hydrogen (secondary N) is 1. The fourth-order valence-electron chi connectivity index (χ4n) is 4.11. The zero-order chi connectivity index (χ0) is 23.4. The summed E-state index contributed by atoms with van der Waals surface area (Å²) < 4.78 is 43.9. The summed E-state index contributed by atoms with van der Waals surface area (Å²) in [5.41, 5.74) is -0.776. The predicted octanol–water partition coefficient (Wildman–Crippen LogP) is 2.94. The van der Waals surface area contributed by atoms with Crippen molar-refractivity contribution < 1.29 is 47.1 Å². The van der Waals surface area contributed by atoms with Gasteiger partial charge >= 0.3 is 14.0 Å². The molecule has 13 heteroatoms. The molecule has 4 rings (SSSR count). The van der Waals surface area contributed by atoms with E-state index in [1.165, 1.54) is 12.1 Å². The van der Waals surface area contributed by atoms with Gasteiger partial charge in [0.1, 0.15) is 24.3 Å². The second-order valence-electron chi connectivity index (χ2n) is 7.78. The highest BCUT2D eigenvalue weighted by molar-refractivity contribution is 7.46. The molecule has 2 bridgehead atoms. The summed E-state index contributed by atoms with van der Waals surface area (Å²) in [6.45, 7) is -1.24. The maximum absolute atomic E-state index is 13.5. The topological polar surface area (TPSA) is 141 Å². The zero-order valence-electron chi connectivity index (χ0n) is 17.0. The molecule has 0 spiro atoms. The maximum atomic E-state index is 13.5. The van der Waals surface area contributed by atoms with Crippen LogP contribution in [0.3, 0.4) is 0 Å². The maximum Gasteiger partial charge on any atom is 0.508 e. The zero-order valence-corrected chi connectivity index (χ0v) is 18.6. The molecule has 3 saturated carbocycles. The summed E-state index contributed by atoms with van der Waals surface area (Å²) in [6, 6.07) is 3.85. The van der Waals surface area contributed by atoms with Crippen molar-refractivity contribution in [1.29, 1.82) is 0 Å². The van der Waals surface area contributed by atoms with Gasteiger partial charge in [-0.3, -0.25) is 9.32 Å². The van der Waals surface area contributed by atoms with Crippen LogP contribution >= 0.6 is 19.4 Å². The van der Waals surface area contributed by atoms with Gasteiger partial charge in [-0.05, 0) is 50.2 Å². The van der Waals surface area contributed by atoms with E-state index in [0.717, 1.165) is 18.9 Å². The molecule has 10 nitrogen and oxygen atoms in total. The molecule has 3 aliphatic rings. The Morgan fingerprint density at radius 2 is 1.97 bits per heavy atom. The molecule has 3 aliphatic carbocycles. The lowest BCUT2D eigenvalue weighted by atomic mass is 9.64. The van der Waals surface area contributed by atoms with Gasteiger partial charge in [0, 0.05) is 6.07 Å². The minimum absolute atomic E-state index is 0.0557. The molecule has 1 unspecified atom stereocenters. The normalized spacial score (nSPS) is 24.6. The molecule has 3 fully saturated rings. The molecule has 0 aliphatic heterocycles. The summed E-state index contributed by atoms with van der Waals surface area (Å²) in [4.78, 5) is 41.8. The fourth-order valence-corrected chi connectivity index (χ4v) is 4.54. The van der Waals surface area contributed by atoms with Gasteiger partial charge in [-0.25, -0.2) is 13.8 Å². The second kappa shape index (κ2) is 10.4. The number of ether oxygens (including phenoxy) is 3. The van der Waals surface area contributed by atoms with E-state index in [1.54, 1.807) is 0 Å². The first-order valence-corrected chi connectivity index (χ1v) is 11.9. The van der Waals surface area contributed by atoms with Gasteiger partial charge in [-0.15, -0.1) is 0 Å². The molecule has 1 aromatic rings. The van der Waals surface area contributed by atoms with Crippen LogP contribution in [0.15, 0.2) is 18.2 Å². The number of benzene rings is 1. The first kappa shape index (κ1) is 24.7. The lowest BCUT2D eigenvalue weighted by molar-refractivity contribution is -0.132. The molecule has 1 amide bonds. The van der Waals surface area contributed by atoms with E-state index in [0.29, 0.717) is 25.2 Å². The van der Waals surface area contributed by atoms with Gasteiger partial charge in [0.05, 0.1) is 17.2 Å². The average molecular weight is 496 g/mol. The number of halogens is 2. The van der Waals surface area contributed by atoms with Crippen LogP contribution in [0.4, 0.5) is 9.18 Å². The van der Waals surface area contributed by atoms with Crippen molar-refractivity contribution in [3.63, 3.8) is 0 Å². The number of hydrogen-bond acceptors (Lipinski definition) is 7. The van der Waals surface area contributed by atoms with Crippen LogP contribution in [0.25, 0.3) is 0 Å². The highest BCUT2D eigenvalue weighted by Crippen LogP contribution is 2.46. The molecule has 0 heterocycles. The van der Waals surface area contributed by atoms with Crippen LogP contribution in [0.1, 0.15) is 32.1 Å². The van der Waals surface area contributed by atoms with Crippen molar-refractivity contribution in [1.82, 2.24) is 5.32 Å². The van der Waals surface area contributed by atoms with E-state index in [1.807, 2.05) is 0 Å². The van der Waals surface area contributed by atoms with E-state index in [9.17, 15) is 18.5 Å². The number of phosphoric acid groups is 1. The Balaban J connectivity index is 1.53. The first-order valence-electron chi connectivity index (χ1n) is 9.99. The third-order valence-corrected chi connectivity index (χ3v) is 6.44. The quantitative estimate of drug-likeness (QED) is 0.268. The van der Waals surface area contributed by atoms with E-state index in [-0.39, 0.29) is 17.4 Å². The SMILES string of the molecule is O=C(COc1ccc(Cl)c(F)c1)NC12CCC(CC1)CC2OC(=O)OCCOP(=O)(O)O. The minimum atomic E-state index is -4.65. The van der Waals surface area contributed by atoms with Gasteiger partial charge in [0.25, 0.3) is 5.91 Å². The van der Waals surface area contributed by atoms with Gasteiger partial charge in [0.2, 0.25) is 0 Å². The summed E-state index contributed by atoms with van der Waals surface area (Å²) >= 11 is 5.63. The Kier molecular flexibility index (Phi) is 8.00. The minimum Gasteiger partial charge on any atom is -0.484 e. The van der Waals surface area contributed by atoms with E-state index in [2.05, 4.69) is 9.84 Å². The third-order valence-electron chi connectivity index (χ3n) is 5.61. The fraction of sp³-hybridized carbons (Fsp3) is 0.579. The van der Waals surface area contributed by atoms with E-state index in [4.69, 9.17) is 35.6 Å². The molecule has 0 radical (unpaired) electrons. The van der Waals surface area contributed by atoms with Crippen molar-refractivity contribution >= 4 is 31.5 Å². The molecular formula is C19H24ClFNO9P. The summed E-state index contributed by atoms with van der Waals surface area (Å²) in [6.07, 6.45) is 1.87. The lowest BCUT2D eigenvalue weighted by Crippen LogP contribution is -2.63. The third kappa shape index (κ3) is 6.79. The number of carbonyl (C=O) groups excluding carboxylic acids is 2. The van der Waals surface area contributed by atoms with Crippen LogP contribution in [-0.2, 0) is 23.4 Å². The lowest BCUT2D eigenvalue weighted by Gasteiger charge is -2.51. The van der Waals surface area contributed by atoms with Crippen LogP contribution in [0, 0.1) is 11.7 Å². The Morgan fingerprint density at radius 1 is 1.25 bits per heavy atom. The number of fused-ring (bicyclic) bond motifs is 3. The molecule has 0 aromatic heterocycles. The van der Waals surface area contributed by atoms with Crippen molar-refractivity contribution in [3.8, 4) is 5.75 Å². The Morgan fingerprint density at radius 3 is 2.62 bits per heavy atom. The molecule has 3 N–H and O–H groups in total. The van der Waals surface area contributed by atoms with E-state index < -0.39 is 50.6 Å². The Labute approximate surface area is 188 Å². The largest absolute Gasteiger partial charge is 0.508 e. The standard InChI is InChI=1S/C19H24ClFNO9P/c20-14-2-1-13(10-15(14)21)29-11-17(23)22-19-5-3-12(4-6-19)9-16(19)31-18(24)28-7-8-30-32(25,26)27/h1-2,10,12,16H,3-9,11H2,(H,22,23)(H2,25,26,27). The summed E-state index contributed by atoms with van der Waals surface area (Å²) in [7, 11) is -4.65. The van der Waals surface area contributed by atoms with Gasteiger partial charge in [-0.2, -0.15) is 0 Å². The Bertz CT molecular complexity index is 888. The highest BCUT2D eigenvalue weighted by Gasteiger charge is 2.51. The van der Waals surface area contributed by atoms with Crippen molar-refractivity contribution in [2.75, 3.05) is 19.8 Å². The predicted molar refractivity (Wildman–Crippen MR) is 109 cm³/mol. The summed E-state index contributed by atoms with van der Waals surface area (Å²) in [5.74, 6) is -0.594. The van der Waals surface area contributed by atoms with Crippen LogP contribution < -0.4 is 10.1 Å². The smallest absolute Gasteiger partial charge is 0.484 e. The molecule has 32 heavy (non-hydrogen) atoms. The van der Waals surface area contributed by atoms with Crippen molar-refractivity contribution in [2.24, 2.45) is 5.92 Å². The molecule has 0 saturated heterocycles. The second-order valence-corrected chi connectivity index (χ2v) is 9.42. The number of phosphoric ester groups is 1. The van der Waals surface area contributed by atoms with Crippen molar-refractivity contribution in [3.05, 3.63) is 29.0 Å². The number of carbonyl (C=O) groups is 2. The van der Waals surface area contributed by atoms with Crippen LogP contribution in [-0.4, -0.2) is 53.3 Å². The van der Waals surface area contributed by atoms with Gasteiger partial charge in [-0.1, -0.05) is 11.6 Å². The molecule has 1 aromatic carbocycles. The average Bonchev–Trinajstić information content (AvgIpc) is 2.72. The summed E-state index contributed by atoms with van der Waals surface area (Å²) in [5, 5.41) is 2.86. The number of rotatable bonds is 9. The van der Waals surface area contributed by atoms with Crippen molar-refractivity contribution in [2.45, 2.75) is 43.7 Å². The monoisotopic (exact) mass is 495 g/mol. The van der Waals surface area contributed by atoms with Crippen LogP contribution in [0.2, 0.25) is 5.02 Å². The molecule has 178 valence electrons. The number of hydrogen-bond donors (Lipinski definition) is 3. The van der Waals surface area contributed by atoms with Gasteiger partial charge in [0.15, 0.2) is 6.61 Å². The Hall–Kier alpha value is -1.91. The highest BCUT2D eigenvalue weighted by atomic mass is 35.5. The van der Waals surface area contributed by atoms with E-state index >= 15 is 0 Å². The molecule has 1 atom stereocenters. The first-order chi connectivity index (χ1) is 15.1. The van der Waals surface area contributed by atoms with Crippen LogP contribution in [0.5, 0.6) is 5.75 Å². The molecular weight excluding hydrogens is 472 g/mol. The van der Waals surface area contributed by atoms with Gasteiger partial charge < -0.3 is 29.3 Å². The number of amides is 1.